The summed E-state index contributed by atoms with van der Waals surface area (Å²) in [4.78, 5) is 4.96. The second-order valence-electron chi connectivity index (χ2n) is 2.07. The van der Waals surface area contributed by atoms with Crippen molar-refractivity contribution < 1.29 is 5.11 Å². The lowest BCUT2D eigenvalue weighted by molar-refractivity contribution is 0.269. The molecule has 3 nitrogen and oxygen atoms in total. The van der Waals surface area contributed by atoms with Crippen LogP contribution in [0.3, 0.4) is 0 Å². The minimum Gasteiger partial charge on any atom is -0.394 e. The van der Waals surface area contributed by atoms with Crippen molar-refractivity contribution in [2.45, 2.75) is 13.0 Å². The molecule has 1 atom stereocenters. The van der Waals surface area contributed by atoms with E-state index in [4.69, 9.17) is 10.8 Å². The Bertz CT molecular complexity index is 216. The molecule has 64 valence electrons. The number of halogens is 1. The summed E-state index contributed by atoms with van der Waals surface area (Å²) >= 11 is 1.52. The van der Waals surface area contributed by atoms with Gasteiger partial charge in [-0.25, -0.2) is 4.98 Å². The van der Waals surface area contributed by atoms with Crippen molar-refractivity contribution in [3.63, 3.8) is 0 Å². The van der Waals surface area contributed by atoms with Crippen molar-refractivity contribution in [3.8, 4) is 0 Å². The normalized spacial score (nSPS) is 12.3. The van der Waals surface area contributed by atoms with Gasteiger partial charge < -0.3 is 10.8 Å². The molecule has 0 bridgehead atoms. The summed E-state index contributed by atoms with van der Waals surface area (Å²) in [6, 6.07) is -0.258. The molecule has 1 aromatic rings. The number of aliphatic hydroxyl groups is 1. The average molecular weight is 195 g/mol. The third kappa shape index (κ3) is 2.75. The van der Waals surface area contributed by atoms with Crippen molar-refractivity contribution in [1.82, 2.24) is 4.98 Å². The summed E-state index contributed by atoms with van der Waals surface area (Å²) < 4.78 is 0. The molecule has 1 heterocycles. The SMILES string of the molecule is Cc1ncc([C@@H](N)CO)s1.Cl. The molecule has 3 N–H and O–H groups in total. The van der Waals surface area contributed by atoms with Gasteiger partial charge in [0, 0.05) is 11.1 Å². The zero-order chi connectivity index (χ0) is 7.56. The number of thiazole rings is 1. The molecule has 1 rings (SSSR count). The maximum Gasteiger partial charge on any atom is 0.0897 e. The molecule has 0 saturated carbocycles. The van der Waals surface area contributed by atoms with Gasteiger partial charge in [0.2, 0.25) is 0 Å². The molecular formula is C6H11ClN2OS. The van der Waals surface area contributed by atoms with Gasteiger partial charge >= 0.3 is 0 Å². The molecule has 0 aliphatic rings. The van der Waals surface area contributed by atoms with Crippen LogP contribution in [-0.2, 0) is 0 Å². The highest BCUT2D eigenvalue weighted by atomic mass is 35.5. The number of aryl methyl sites for hydroxylation is 1. The first-order valence-corrected chi connectivity index (χ1v) is 3.84. The molecule has 0 spiro atoms. The molecular weight excluding hydrogens is 184 g/mol. The second kappa shape index (κ2) is 4.66. The maximum absolute atomic E-state index is 8.65. The third-order valence-corrected chi connectivity index (χ3v) is 2.25. The number of rotatable bonds is 2. The van der Waals surface area contributed by atoms with Crippen LogP contribution in [-0.4, -0.2) is 16.7 Å². The van der Waals surface area contributed by atoms with E-state index in [9.17, 15) is 0 Å². The summed E-state index contributed by atoms with van der Waals surface area (Å²) in [6.07, 6.45) is 1.71. The van der Waals surface area contributed by atoms with Crippen LogP contribution < -0.4 is 5.73 Å². The van der Waals surface area contributed by atoms with Gasteiger partial charge in [0.1, 0.15) is 0 Å². The molecule has 1 aromatic heterocycles. The van der Waals surface area contributed by atoms with Gasteiger partial charge in [-0.3, -0.25) is 0 Å². The molecule has 11 heavy (non-hydrogen) atoms. The summed E-state index contributed by atoms with van der Waals surface area (Å²) in [5, 5.41) is 9.64. The number of hydrogen-bond donors (Lipinski definition) is 2. The first kappa shape index (κ1) is 10.8. The molecule has 0 radical (unpaired) electrons. The molecule has 0 saturated heterocycles. The lowest BCUT2D eigenvalue weighted by atomic mass is 10.3. The first-order valence-electron chi connectivity index (χ1n) is 3.03. The molecule has 5 heteroatoms. The Morgan fingerprint density at radius 2 is 2.45 bits per heavy atom. The lowest BCUT2D eigenvalue weighted by Gasteiger charge is -2.01. The number of hydrogen-bond acceptors (Lipinski definition) is 4. The highest BCUT2D eigenvalue weighted by molar-refractivity contribution is 7.11. The van der Waals surface area contributed by atoms with Crippen LogP contribution in [0.2, 0.25) is 0 Å². The van der Waals surface area contributed by atoms with Gasteiger partial charge in [-0.15, -0.1) is 23.7 Å². The zero-order valence-corrected chi connectivity index (χ0v) is 7.78. The minimum atomic E-state index is -0.258. The molecule has 0 aliphatic heterocycles. The van der Waals surface area contributed by atoms with Gasteiger partial charge in [0.15, 0.2) is 0 Å². The van der Waals surface area contributed by atoms with E-state index in [1.807, 2.05) is 6.92 Å². The van der Waals surface area contributed by atoms with Gasteiger partial charge in [0.05, 0.1) is 17.7 Å². The molecule has 0 amide bonds. The van der Waals surface area contributed by atoms with E-state index in [1.165, 1.54) is 11.3 Å². The number of nitrogens with two attached hydrogens (primary N) is 1. The summed E-state index contributed by atoms with van der Waals surface area (Å²) in [5.41, 5.74) is 5.53. The lowest BCUT2D eigenvalue weighted by Crippen LogP contribution is -2.12. The van der Waals surface area contributed by atoms with E-state index in [1.54, 1.807) is 6.20 Å². The fraction of sp³-hybridized carbons (Fsp3) is 0.500. The molecule has 0 aromatic carbocycles. The van der Waals surface area contributed by atoms with Crippen LogP contribution in [0, 0.1) is 6.92 Å². The predicted molar refractivity (Wildman–Crippen MR) is 48.1 cm³/mol. The number of aromatic nitrogens is 1. The standard InChI is InChI=1S/C6H10N2OS.ClH/c1-4-8-2-6(10-4)5(7)3-9;/h2,5,9H,3,7H2,1H3;1H/t5-;/m0./s1. The van der Waals surface area contributed by atoms with Crippen molar-refractivity contribution in [1.29, 1.82) is 0 Å². The smallest absolute Gasteiger partial charge is 0.0897 e. The Morgan fingerprint density at radius 1 is 1.82 bits per heavy atom. The zero-order valence-electron chi connectivity index (χ0n) is 6.15. The van der Waals surface area contributed by atoms with E-state index in [2.05, 4.69) is 4.98 Å². The monoisotopic (exact) mass is 194 g/mol. The van der Waals surface area contributed by atoms with Crippen molar-refractivity contribution in [2.75, 3.05) is 6.61 Å². The predicted octanol–water partition coefficient (Wildman–Crippen LogP) is 0.865. The van der Waals surface area contributed by atoms with E-state index < -0.39 is 0 Å². The van der Waals surface area contributed by atoms with Crippen molar-refractivity contribution in [2.24, 2.45) is 5.73 Å². The fourth-order valence-electron chi connectivity index (χ4n) is 0.639. The largest absolute Gasteiger partial charge is 0.394 e. The van der Waals surface area contributed by atoms with Crippen molar-refractivity contribution in [3.05, 3.63) is 16.1 Å². The van der Waals surface area contributed by atoms with Gasteiger partial charge in [-0.05, 0) is 6.92 Å². The van der Waals surface area contributed by atoms with Gasteiger partial charge in [-0.2, -0.15) is 0 Å². The summed E-state index contributed by atoms with van der Waals surface area (Å²) in [6.45, 7) is 1.90. The van der Waals surface area contributed by atoms with E-state index in [0.29, 0.717) is 0 Å². The summed E-state index contributed by atoms with van der Waals surface area (Å²) in [7, 11) is 0. The topological polar surface area (TPSA) is 59.1 Å². The number of nitrogens with zero attached hydrogens (tertiary/aromatic N) is 1. The first-order chi connectivity index (χ1) is 4.74. The molecule has 0 unspecified atom stereocenters. The second-order valence-corrected chi connectivity index (χ2v) is 3.34. The Balaban J connectivity index is 0.000001000. The summed E-state index contributed by atoms with van der Waals surface area (Å²) in [5.74, 6) is 0. The van der Waals surface area contributed by atoms with Crippen LogP contribution in [0.4, 0.5) is 0 Å². The number of aliphatic hydroxyl groups excluding tert-OH is 1. The minimum absolute atomic E-state index is 0. The van der Waals surface area contributed by atoms with Crippen LogP contribution in [0.1, 0.15) is 15.9 Å². The Morgan fingerprint density at radius 3 is 2.82 bits per heavy atom. The van der Waals surface area contributed by atoms with E-state index in [0.717, 1.165) is 9.88 Å². The Kier molecular flexibility index (Phi) is 4.60. The fourth-order valence-corrected chi connectivity index (χ4v) is 1.42. The van der Waals surface area contributed by atoms with Crippen molar-refractivity contribution >= 4 is 23.7 Å². The van der Waals surface area contributed by atoms with Crippen LogP contribution in [0.25, 0.3) is 0 Å². The molecule has 0 fully saturated rings. The average Bonchev–Trinajstić information content (AvgIpc) is 2.34. The van der Waals surface area contributed by atoms with E-state index >= 15 is 0 Å². The van der Waals surface area contributed by atoms with Gasteiger partial charge in [-0.1, -0.05) is 0 Å². The third-order valence-electron chi connectivity index (χ3n) is 1.20. The Labute approximate surface area is 75.7 Å². The van der Waals surface area contributed by atoms with E-state index in [-0.39, 0.29) is 25.1 Å². The highest BCUT2D eigenvalue weighted by Gasteiger charge is 2.06. The Hall–Kier alpha value is -0.160. The quantitative estimate of drug-likeness (QED) is 0.735. The molecule has 0 aliphatic carbocycles. The van der Waals surface area contributed by atoms with Crippen LogP contribution in [0.5, 0.6) is 0 Å². The maximum atomic E-state index is 8.65. The highest BCUT2D eigenvalue weighted by Crippen LogP contribution is 2.17. The van der Waals surface area contributed by atoms with Crippen LogP contribution in [0.15, 0.2) is 6.20 Å². The van der Waals surface area contributed by atoms with Gasteiger partial charge in [0.25, 0.3) is 0 Å². The van der Waals surface area contributed by atoms with Crippen LogP contribution >= 0.6 is 23.7 Å².